The smallest absolute Gasteiger partial charge is 0.457 e. The Balaban J connectivity index is 0.883. The van der Waals surface area contributed by atoms with E-state index in [1.165, 1.54) is 0 Å². The van der Waals surface area contributed by atoms with Gasteiger partial charge in [-0.25, -0.2) is 24.0 Å². The van der Waals surface area contributed by atoms with Crippen LogP contribution in [-0.2, 0) is 56.8 Å². The SMILES string of the molecule is O=C1OCC(CN(CC2COC(=O)O2)c2ccc(Oc3cc(Oc4ccc(N(CC5COC(=O)O5)CC5COC(=O)O5)cc4)cc(Oc4ccc(N(CC5COC(=O)O5)CC5COC(O)O5)cc4)c3)cc2)O1. The molecule has 6 heterocycles. The fourth-order valence-electron chi connectivity index (χ4n) is 8.44. The van der Waals surface area contributed by atoms with Crippen molar-refractivity contribution < 1.29 is 100 Å². The number of ether oxygens (including phenoxy) is 15. The number of nitrogens with zero attached hydrogens (tertiary/aromatic N) is 3. The Morgan fingerprint density at radius 2 is 0.639 bits per heavy atom. The maximum Gasteiger partial charge on any atom is 0.508 e. The van der Waals surface area contributed by atoms with Gasteiger partial charge in [0.2, 0.25) is 0 Å². The van der Waals surface area contributed by atoms with E-state index in [0.29, 0.717) is 52.4 Å². The molecule has 0 amide bonds. The number of rotatable bonds is 21. The minimum absolute atomic E-state index is 0.0709. The molecule has 0 spiro atoms. The fourth-order valence-corrected chi connectivity index (χ4v) is 8.44. The molecule has 24 heteroatoms. The van der Waals surface area contributed by atoms with Crippen LogP contribution in [0.15, 0.2) is 91.0 Å². The topological polar surface area (TPSA) is 254 Å². The molecule has 7 unspecified atom stereocenters. The summed E-state index contributed by atoms with van der Waals surface area (Å²) in [5, 5.41) is 9.79. The molecule has 7 atom stereocenters. The lowest BCUT2D eigenvalue weighted by Crippen LogP contribution is -2.40. The molecular formula is C48H47N3O21. The normalized spacial score (nSPS) is 24.1. The van der Waals surface area contributed by atoms with Crippen molar-refractivity contribution in [2.24, 2.45) is 0 Å². The van der Waals surface area contributed by atoms with Gasteiger partial charge in [0.05, 0.1) is 39.3 Å². The highest BCUT2D eigenvalue weighted by Gasteiger charge is 2.35. The van der Waals surface area contributed by atoms with Crippen LogP contribution in [0.4, 0.5) is 41.0 Å². The highest BCUT2D eigenvalue weighted by Crippen LogP contribution is 2.37. The van der Waals surface area contributed by atoms with Gasteiger partial charge in [0.25, 0.3) is 6.48 Å². The third-order valence-corrected chi connectivity index (χ3v) is 11.7. The van der Waals surface area contributed by atoms with E-state index in [1.54, 1.807) is 54.6 Å². The number of carbonyl (C=O) groups excluding carboxylic acids is 5. The number of carbonyl (C=O) groups is 5. The summed E-state index contributed by atoms with van der Waals surface area (Å²) in [6.45, 7) is 0.829. The Kier molecular flexibility index (Phi) is 14.2. The summed E-state index contributed by atoms with van der Waals surface area (Å²) in [7, 11) is 0. The van der Waals surface area contributed by atoms with Crippen molar-refractivity contribution in [3.05, 3.63) is 91.0 Å². The summed E-state index contributed by atoms with van der Waals surface area (Å²) in [4.78, 5) is 64.2. The van der Waals surface area contributed by atoms with Crippen LogP contribution in [0.5, 0.6) is 34.5 Å². The van der Waals surface area contributed by atoms with Crippen molar-refractivity contribution in [2.75, 3.05) is 93.6 Å². The molecule has 24 nitrogen and oxygen atoms in total. The Morgan fingerprint density at radius 3 is 0.861 bits per heavy atom. The van der Waals surface area contributed by atoms with Gasteiger partial charge in [-0.2, -0.15) is 0 Å². The van der Waals surface area contributed by atoms with Crippen LogP contribution in [0.1, 0.15) is 0 Å². The Labute approximate surface area is 409 Å². The molecule has 4 aromatic rings. The van der Waals surface area contributed by atoms with Gasteiger partial charge in [0.15, 0.2) is 30.5 Å². The Hall–Kier alpha value is -8.09. The first kappa shape index (κ1) is 47.6. The molecule has 6 fully saturated rings. The summed E-state index contributed by atoms with van der Waals surface area (Å²) in [5.41, 5.74) is 2.17. The van der Waals surface area contributed by atoms with Crippen molar-refractivity contribution in [1.82, 2.24) is 0 Å². The summed E-state index contributed by atoms with van der Waals surface area (Å²) in [5.74, 6) is 2.39. The van der Waals surface area contributed by atoms with Crippen LogP contribution < -0.4 is 28.9 Å². The third-order valence-electron chi connectivity index (χ3n) is 11.7. The summed E-state index contributed by atoms with van der Waals surface area (Å²) in [6.07, 6.45) is -6.97. The second-order valence-corrected chi connectivity index (χ2v) is 17.0. The number of hydrogen-bond acceptors (Lipinski definition) is 24. The first-order chi connectivity index (χ1) is 35.0. The van der Waals surface area contributed by atoms with Gasteiger partial charge >= 0.3 is 30.8 Å². The van der Waals surface area contributed by atoms with E-state index in [0.717, 1.165) is 5.69 Å². The summed E-state index contributed by atoms with van der Waals surface area (Å²) >= 11 is 0. The Bertz CT molecular complexity index is 2400. The van der Waals surface area contributed by atoms with Gasteiger partial charge in [0.1, 0.15) is 73.6 Å². The molecule has 0 bridgehead atoms. The lowest BCUT2D eigenvalue weighted by Gasteiger charge is -2.28. The van der Waals surface area contributed by atoms with E-state index >= 15 is 0 Å². The minimum atomic E-state index is -1.33. The maximum atomic E-state index is 11.7. The number of aliphatic hydroxyl groups is 1. The van der Waals surface area contributed by atoms with Gasteiger partial charge in [-0.05, 0) is 72.8 Å². The second kappa shape index (κ2) is 21.5. The van der Waals surface area contributed by atoms with E-state index in [9.17, 15) is 29.1 Å². The molecule has 0 aromatic heterocycles. The van der Waals surface area contributed by atoms with Gasteiger partial charge in [0, 0.05) is 41.8 Å². The third kappa shape index (κ3) is 12.4. The van der Waals surface area contributed by atoms with Crippen LogP contribution in [0.2, 0.25) is 0 Å². The number of hydrogen-bond donors (Lipinski definition) is 1. The highest BCUT2D eigenvalue weighted by molar-refractivity contribution is 5.65. The van der Waals surface area contributed by atoms with E-state index in [-0.39, 0.29) is 72.4 Å². The lowest BCUT2D eigenvalue weighted by molar-refractivity contribution is -0.203. The molecule has 0 saturated carbocycles. The van der Waals surface area contributed by atoms with Gasteiger partial charge in [-0.3, -0.25) is 0 Å². The number of anilines is 3. The van der Waals surface area contributed by atoms with E-state index < -0.39 is 73.9 Å². The van der Waals surface area contributed by atoms with E-state index in [1.807, 2.05) is 51.1 Å². The Morgan fingerprint density at radius 1 is 0.375 bits per heavy atom. The van der Waals surface area contributed by atoms with Crippen molar-refractivity contribution in [3.63, 3.8) is 0 Å². The van der Waals surface area contributed by atoms with Crippen molar-refractivity contribution in [3.8, 4) is 34.5 Å². The summed E-state index contributed by atoms with van der Waals surface area (Å²) < 4.78 is 81.3. The molecular weight excluding hydrogens is 955 g/mol. The average Bonchev–Trinajstić information content (AvgIpc) is 4.26. The molecule has 10 rings (SSSR count). The molecule has 380 valence electrons. The van der Waals surface area contributed by atoms with Crippen LogP contribution in [0.25, 0.3) is 0 Å². The number of benzene rings is 4. The molecule has 0 radical (unpaired) electrons. The average molecular weight is 1000 g/mol. The van der Waals surface area contributed by atoms with Crippen LogP contribution in [0.3, 0.4) is 0 Å². The maximum absolute atomic E-state index is 11.7. The zero-order valence-corrected chi connectivity index (χ0v) is 38.1. The monoisotopic (exact) mass is 1000 g/mol. The quantitative estimate of drug-likeness (QED) is 0.0758. The first-order valence-corrected chi connectivity index (χ1v) is 22.8. The highest BCUT2D eigenvalue weighted by atomic mass is 16.8. The van der Waals surface area contributed by atoms with Gasteiger partial charge in [-0.1, -0.05) is 0 Å². The molecule has 0 aliphatic carbocycles. The predicted molar refractivity (Wildman–Crippen MR) is 241 cm³/mol. The molecule has 1 N–H and O–H groups in total. The summed E-state index contributed by atoms with van der Waals surface area (Å²) in [6, 6.07) is 26.5. The molecule has 4 aromatic carbocycles. The predicted octanol–water partition coefficient (Wildman–Crippen LogP) is 5.85. The fraction of sp³-hybridized carbons (Fsp3) is 0.396. The van der Waals surface area contributed by atoms with E-state index in [2.05, 4.69) is 0 Å². The zero-order valence-electron chi connectivity index (χ0n) is 38.1. The number of aliphatic hydroxyl groups excluding tert-OH is 1. The molecule has 72 heavy (non-hydrogen) atoms. The van der Waals surface area contributed by atoms with Crippen LogP contribution in [0, 0.1) is 0 Å². The van der Waals surface area contributed by atoms with Gasteiger partial charge < -0.3 is 90.9 Å². The lowest BCUT2D eigenvalue weighted by atomic mass is 10.2. The van der Waals surface area contributed by atoms with Crippen LogP contribution >= 0.6 is 0 Å². The standard InChI is InChI=1S/C48H47N3O21/c52-43-58-22-37(67-43)16-49(17-38-23-59-44(53)68-38)28-1-7-31(8-2-28)64-34-13-35(65-32-9-3-29(4-10-32)50(18-39-24-60-45(54)69-39)19-40-25-61-46(55)70-40)15-36(14-34)66-33-11-5-30(6-12-33)51(20-41-26-62-47(56)71-41)21-42-27-63-48(57)72-42/h1-15,37-43,52H,16-27H2. The zero-order chi connectivity index (χ0) is 49.6. The van der Waals surface area contributed by atoms with E-state index in [4.69, 9.17) is 71.1 Å². The van der Waals surface area contributed by atoms with Crippen molar-refractivity contribution >= 4 is 47.8 Å². The number of cyclic esters (lactones) is 10. The van der Waals surface area contributed by atoms with Crippen molar-refractivity contribution in [2.45, 2.75) is 43.1 Å². The minimum Gasteiger partial charge on any atom is -0.457 e. The molecule has 6 aliphatic heterocycles. The molecule has 6 saturated heterocycles. The van der Waals surface area contributed by atoms with Crippen LogP contribution in [-0.4, -0.2) is 158 Å². The second-order valence-electron chi connectivity index (χ2n) is 17.0. The largest absolute Gasteiger partial charge is 0.508 e. The van der Waals surface area contributed by atoms with Gasteiger partial charge in [-0.15, -0.1) is 0 Å². The molecule has 6 aliphatic rings. The van der Waals surface area contributed by atoms with Crippen molar-refractivity contribution in [1.29, 1.82) is 0 Å². The first-order valence-electron chi connectivity index (χ1n) is 22.8.